The Kier molecular flexibility index (Phi) is 24.8. The summed E-state index contributed by atoms with van der Waals surface area (Å²) in [6.07, 6.45) is 0. The van der Waals surface area contributed by atoms with Gasteiger partial charge < -0.3 is 18.9 Å². The first kappa shape index (κ1) is 26.1. The molecule has 24 heavy (non-hydrogen) atoms. The molecular weight excluding hydrogens is 396 g/mol. The molecule has 0 aromatic heterocycles. The van der Waals surface area contributed by atoms with Gasteiger partial charge in [-0.25, -0.2) is 0 Å². The average Bonchev–Trinajstić information content (AvgIpc) is 2.59. The molecular formula is C18H32BrClO4. The highest BCUT2D eigenvalue weighted by atomic mass is 79.9. The van der Waals surface area contributed by atoms with Gasteiger partial charge in [0.2, 0.25) is 0 Å². The highest BCUT2D eigenvalue weighted by Gasteiger charge is 1.93. The minimum atomic E-state index is 0.535. The van der Waals surface area contributed by atoms with Crippen molar-refractivity contribution in [3.8, 4) is 0 Å². The molecule has 0 aliphatic rings. The normalized spacial score (nSPS) is 9.79. The van der Waals surface area contributed by atoms with Gasteiger partial charge in [-0.05, 0) is 11.5 Å². The third-order valence-electron chi connectivity index (χ3n) is 2.70. The summed E-state index contributed by atoms with van der Waals surface area (Å²) in [5, 5.41) is 0. The van der Waals surface area contributed by atoms with E-state index in [1.807, 2.05) is 6.07 Å². The van der Waals surface area contributed by atoms with Crippen LogP contribution in [-0.4, -0.2) is 58.7 Å². The molecule has 1 aromatic rings. The lowest BCUT2D eigenvalue weighted by Gasteiger charge is -2.04. The van der Waals surface area contributed by atoms with E-state index in [1.54, 1.807) is 14.2 Å². The van der Waals surface area contributed by atoms with Crippen LogP contribution in [-0.2, 0) is 18.9 Å². The van der Waals surface area contributed by atoms with Crippen LogP contribution in [0.1, 0.15) is 25.3 Å². The van der Waals surface area contributed by atoms with E-state index in [9.17, 15) is 0 Å². The van der Waals surface area contributed by atoms with Crippen LogP contribution in [0.3, 0.4) is 0 Å². The van der Waals surface area contributed by atoms with Crippen LogP contribution in [0.2, 0.25) is 0 Å². The largest absolute Gasteiger partial charge is 0.382 e. The molecule has 0 spiro atoms. The second kappa shape index (κ2) is 22.8. The second-order valence-electron chi connectivity index (χ2n) is 4.88. The van der Waals surface area contributed by atoms with E-state index in [0.717, 1.165) is 0 Å². The van der Waals surface area contributed by atoms with Gasteiger partial charge in [-0.15, -0.1) is 11.6 Å². The molecule has 0 heterocycles. The van der Waals surface area contributed by atoms with Gasteiger partial charge in [0.1, 0.15) is 0 Å². The fourth-order valence-electron chi connectivity index (χ4n) is 1.44. The minimum absolute atomic E-state index is 0.535. The summed E-state index contributed by atoms with van der Waals surface area (Å²) in [7, 11) is 3.30. The van der Waals surface area contributed by atoms with Crippen molar-refractivity contribution in [3.63, 3.8) is 0 Å². The second-order valence-corrected chi connectivity index (χ2v) is 6.35. The number of hydrogen-bond acceptors (Lipinski definition) is 4. The number of hydrogen-bond donors (Lipinski definition) is 0. The topological polar surface area (TPSA) is 36.9 Å². The highest BCUT2D eigenvalue weighted by molar-refractivity contribution is 9.09. The maximum Gasteiger partial charge on any atom is 0.0778 e. The van der Waals surface area contributed by atoms with Gasteiger partial charge in [0.25, 0.3) is 0 Å². The quantitative estimate of drug-likeness (QED) is 0.400. The van der Waals surface area contributed by atoms with Crippen molar-refractivity contribution in [3.05, 3.63) is 35.9 Å². The summed E-state index contributed by atoms with van der Waals surface area (Å²) >= 11 is 7.83. The van der Waals surface area contributed by atoms with Gasteiger partial charge in [0.05, 0.1) is 44.4 Å². The number of rotatable bonds is 10. The van der Waals surface area contributed by atoms with Crippen LogP contribution in [0.5, 0.6) is 0 Å². The molecule has 142 valence electrons. The van der Waals surface area contributed by atoms with E-state index in [4.69, 9.17) is 30.5 Å². The van der Waals surface area contributed by atoms with Crippen molar-refractivity contribution >= 4 is 27.5 Å². The van der Waals surface area contributed by atoms with Gasteiger partial charge in [-0.1, -0.05) is 60.1 Å². The Morgan fingerprint density at radius 2 is 1.21 bits per heavy atom. The molecule has 0 radical (unpaired) electrons. The molecule has 0 saturated carbocycles. The molecule has 1 aromatic carbocycles. The average molecular weight is 428 g/mol. The molecule has 0 unspecified atom stereocenters. The molecule has 0 bridgehead atoms. The monoisotopic (exact) mass is 426 g/mol. The lowest BCUT2D eigenvalue weighted by atomic mass is 10.0. The van der Waals surface area contributed by atoms with E-state index in [0.29, 0.717) is 50.3 Å². The summed E-state index contributed by atoms with van der Waals surface area (Å²) in [5.41, 5.74) is 1.41. The van der Waals surface area contributed by atoms with E-state index < -0.39 is 0 Å². The molecule has 0 atom stereocenters. The third kappa shape index (κ3) is 21.8. The molecule has 0 amide bonds. The standard InChI is InChI=1S/C9H12.C8H18O4.CH2BrCl/c1-8(2)9-6-4-3-5-7-9;1-9-3-5-11-7-8-12-6-4-10-2;2-1-3/h3-8H,1-2H3;3-8H2,1-2H3;1H2. The van der Waals surface area contributed by atoms with Crippen molar-refractivity contribution < 1.29 is 18.9 Å². The summed E-state index contributed by atoms with van der Waals surface area (Å²) in [6.45, 7) is 8.18. The van der Waals surface area contributed by atoms with Crippen LogP contribution in [0.4, 0.5) is 0 Å². The van der Waals surface area contributed by atoms with E-state index in [-0.39, 0.29) is 0 Å². The van der Waals surface area contributed by atoms with Crippen LogP contribution < -0.4 is 0 Å². The summed E-state index contributed by atoms with van der Waals surface area (Å²) < 4.78 is 19.9. The molecule has 1 rings (SSSR count). The van der Waals surface area contributed by atoms with Crippen molar-refractivity contribution in [2.24, 2.45) is 0 Å². The molecule has 0 aliphatic carbocycles. The molecule has 0 aliphatic heterocycles. The van der Waals surface area contributed by atoms with E-state index >= 15 is 0 Å². The Labute approximate surface area is 160 Å². The van der Waals surface area contributed by atoms with Crippen LogP contribution in [0, 0.1) is 0 Å². The summed E-state index contributed by atoms with van der Waals surface area (Å²) in [4.78, 5) is 0.535. The van der Waals surface area contributed by atoms with Crippen molar-refractivity contribution in [2.75, 3.05) is 58.7 Å². The van der Waals surface area contributed by atoms with Gasteiger partial charge in [0.15, 0.2) is 0 Å². The smallest absolute Gasteiger partial charge is 0.0778 e. The first-order valence-corrected chi connectivity index (χ1v) is 9.59. The number of methoxy groups -OCH3 is 2. The van der Waals surface area contributed by atoms with Crippen molar-refractivity contribution in [1.29, 1.82) is 0 Å². The number of benzene rings is 1. The fraction of sp³-hybridized carbons (Fsp3) is 0.667. The number of ether oxygens (including phenoxy) is 4. The lowest BCUT2D eigenvalue weighted by Crippen LogP contribution is -2.10. The van der Waals surface area contributed by atoms with Crippen LogP contribution >= 0.6 is 27.5 Å². The maximum atomic E-state index is 5.16. The predicted molar refractivity (Wildman–Crippen MR) is 106 cm³/mol. The van der Waals surface area contributed by atoms with Crippen molar-refractivity contribution in [1.82, 2.24) is 0 Å². The Morgan fingerprint density at radius 3 is 1.50 bits per heavy atom. The van der Waals surface area contributed by atoms with Gasteiger partial charge in [-0.2, -0.15) is 0 Å². The van der Waals surface area contributed by atoms with E-state index in [1.165, 1.54) is 5.56 Å². The zero-order chi connectivity index (χ0) is 18.5. The highest BCUT2D eigenvalue weighted by Crippen LogP contribution is 2.11. The Balaban J connectivity index is 0. The van der Waals surface area contributed by atoms with Gasteiger partial charge in [0, 0.05) is 14.2 Å². The fourth-order valence-corrected chi connectivity index (χ4v) is 1.44. The number of halogens is 2. The molecule has 0 fully saturated rings. The maximum absolute atomic E-state index is 5.16. The van der Waals surface area contributed by atoms with Crippen molar-refractivity contribution in [2.45, 2.75) is 19.8 Å². The first-order chi connectivity index (χ1) is 11.6. The zero-order valence-electron chi connectivity index (χ0n) is 15.3. The van der Waals surface area contributed by atoms with E-state index in [2.05, 4.69) is 54.0 Å². The first-order valence-electron chi connectivity index (χ1n) is 7.94. The molecule has 0 saturated heterocycles. The third-order valence-corrected chi connectivity index (χ3v) is 2.70. The number of alkyl halides is 2. The van der Waals surface area contributed by atoms with Gasteiger partial charge in [-0.3, -0.25) is 0 Å². The SMILES string of the molecule is CC(C)c1ccccc1.COCCOCCOCCOC.ClCBr. The summed E-state index contributed by atoms with van der Waals surface area (Å²) in [6, 6.07) is 10.5. The molecule has 6 heteroatoms. The lowest BCUT2D eigenvalue weighted by molar-refractivity contribution is 0.0106. The minimum Gasteiger partial charge on any atom is -0.382 e. The Bertz CT molecular complexity index is 316. The Hall–Kier alpha value is -0.170. The predicted octanol–water partition coefficient (Wildman–Crippen LogP) is 4.70. The van der Waals surface area contributed by atoms with Crippen LogP contribution in [0.15, 0.2) is 30.3 Å². The Morgan fingerprint density at radius 1 is 0.833 bits per heavy atom. The summed E-state index contributed by atoms with van der Waals surface area (Å²) in [5.74, 6) is 0.659. The van der Waals surface area contributed by atoms with Crippen LogP contribution in [0.25, 0.3) is 0 Å². The molecule has 4 nitrogen and oxygen atoms in total. The zero-order valence-corrected chi connectivity index (χ0v) is 17.6. The molecule has 0 N–H and O–H groups in total. The van der Waals surface area contributed by atoms with Gasteiger partial charge >= 0.3 is 0 Å².